The van der Waals surface area contributed by atoms with E-state index in [2.05, 4.69) is 0 Å². The second kappa shape index (κ2) is 9.97. The molecule has 4 aliphatic rings. The SMILES string of the molecule is NC(=O)N1C(=O)[C@H]2[C@H](CC=C3[C@H]2C[C@@]2(Cl)C(=O)N(c4c(F)c(F)c(F)c(F)c4F)C(=O)[C@@]2(Cl)[C@H]3c2ccc(O)c3ccccc23)C1=O. The van der Waals surface area contributed by atoms with Gasteiger partial charge in [0.2, 0.25) is 17.6 Å². The molecule has 0 aromatic heterocycles. The van der Waals surface area contributed by atoms with Crippen LogP contribution in [0.1, 0.15) is 24.3 Å². The molecule has 0 spiro atoms. The average molecular weight is 694 g/mol. The molecule has 2 heterocycles. The van der Waals surface area contributed by atoms with Gasteiger partial charge in [0.15, 0.2) is 33.0 Å². The van der Waals surface area contributed by atoms with Crippen molar-refractivity contribution in [3.8, 4) is 5.75 Å². The number of nitrogens with zero attached hydrogens (tertiary/aromatic N) is 2. The summed E-state index contributed by atoms with van der Waals surface area (Å²) in [5.74, 6) is -23.1. The molecule has 47 heavy (non-hydrogen) atoms. The average Bonchev–Trinajstić information content (AvgIpc) is 3.38. The van der Waals surface area contributed by atoms with Crippen molar-refractivity contribution in [1.82, 2.24) is 4.90 Å². The minimum absolute atomic E-state index is 0.136. The highest BCUT2D eigenvalue weighted by Crippen LogP contribution is 2.66. The van der Waals surface area contributed by atoms with Gasteiger partial charge in [-0.2, -0.15) is 4.90 Å². The van der Waals surface area contributed by atoms with Crippen LogP contribution >= 0.6 is 23.2 Å². The second-order valence-corrected chi connectivity index (χ2v) is 13.0. The molecule has 3 N–H and O–H groups in total. The van der Waals surface area contributed by atoms with Crippen LogP contribution in [0.4, 0.5) is 32.4 Å². The predicted molar refractivity (Wildman–Crippen MR) is 153 cm³/mol. The molecule has 9 nitrogen and oxygen atoms in total. The molecule has 1 saturated carbocycles. The highest BCUT2D eigenvalue weighted by Gasteiger charge is 2.77. The lowest BCUT2D eigenvalue weighted by atomic mass is 9.56. The number of primary amides is 1. The highest BCUT2D eigenvalue weighted by atomic mass is 35.5. The first kappa shape index (κ1) is 31.1. The van der Waals surface area contributed by atoms with Crippen LogP contribution < -0.4 is 10.6 Å². The van der Waals surface area contributed by atoms with Crippen LogP contribution in [0.2, 0.25) is 0 Å². The van der Waals surface area contributed by atoms with Crippen LogP contribution in [0.5, 0.6) is 5.75 Å². The normalized spacial score (nSPS) is 30.1. The Labute approximate surface area is 270 Å². The van der Waals surface area contributed by atoms with Gasteiger partial charge in [-0.1, -0.05) is 42.0 Å². The number of carbonyl (C=O) groups is 5. The number of fused-ring (bicyclic) bond motifs is 5. The third-order valence-electron chi connectivity index (χ3n) is 9.69. The largest absolute Gasteiger partial charge is 0.507 e. The summed E-state index contributed by atoms with van der Waals surface area (Å²) in [6, 6.07) is 7.42. The molecule has 3 aromatic carbocycles. The number of phenolic OH excluding ortho intramolecular Hbond substituents is 1. The lowest BCUT2D eigenvalue weighted by Crippen LogP contribution is -2.60. The molecular formula is C31H18Cl2F5N3O6. The number of carbonyl (C=O) groups excluding carboxylic acids is 5. The fraction of sp³-hybridized carbons (Fsp3) is 0.258. The van der Waals surface area contributed by atoms with Gasteiger partial charge in [-0.25, -0.2) is 31.6 Å². The number of anilines is 1. The Morgan fingerprint density at radius 2 is 1.43 bits per heavy atom. The van der Waals surface area contributed by atoms with Crippen LogP contribution in [-0.4, -0.2) is 49.4 Å². The van der Waals surface area contributed by atoms with Crippen LogP contribution in [0.3, 0.4) is 0 Å². The number of rotatable bonds is 2. The maximum absolute atomic E-state index is 15.2. The van der Waals surface area contributed by atoms with Gasteiger partial charge < -0.3 is 10.8 Å². The van der Waals surface area contributed by atoms with E-state index in [1.807, 2.05) is 0 Å². The van der Waals surface area contributed by atoms with Crippen LogP contribution in [0.15, 0.2) is 48.0 Å². The number of likely N-dealkylation sites (tertiary alicyclic amines) is 1. The van der Waals surface area contributed by atoms with Crippen LogP contribution in [0.25, 0.3) is 10.8 Å². The number of amides is 6. The Morgan fingerprint density at radius 1 is 0.830 bits per heavy atom. The van der Waals surface area contributed by atoms with E-state index in [4.69, 9.17) is 28.9 Å². The summed E-state index contributed by atoms with van der Waals surface area (Å²) in [6.07, 6.45) is 0.579. The maximum atomic E-state index is 15.2. The standard InChI is InChI=1S/C31H18Cl2F5N3O6/c32-30-9-15-13(5-6-14-17(15)26(44)41(25(14)43)29(39)47)18(12-7-8-16(42)11-4-2-1-3-10(11)12)31(30,33)28(46)40(27(30)45)24-22(37)20(35)19(34)21(36)23(24)38/h1-5,7-8,14-15,17-18,42H,6,9H2,(H2,39,47)/t14-,15+,17-,18-,30+,31-/m0/s1. The Hall–Kier alpha value is -4.56. The molecule has 3 aromatic rings. The summed E-state index contributed by atoms with van der Waals surface area (Å²) in [7, 11) is 0. The Kier molecular flexibility index (Phi) is 6.59. The van der Waals surface area contributed by atoms with Crippen molar-refractivity contribution >= 4 is 69.3 Å². The Balaban J connectivity index is 1.52. The van der Waals surface area contributed by atoms with E-state index >= 15 is 8.78 Å². The van der Waals surface area contributed by atoms with E-state index in [1.165, 1.54) is 30.3 Å². The summed E-state index contributed by atoms with van der Waals surface area (Å²) in [4.78, 5) is 61.8. The van der Waals surface area contributed by atoms with Gasteiger partial charge in [-0.15, -0.1) is 23.2 Å². The number of halogens is 7. The third kappa shape index (κ3) is 3.67. The molecule has 7 rings (SSSR count). The smallest absolute Gasteiger partial charge is 0.328 e. The molecule has 0 bridgehead atoms. The summed E-state index contributed by atoms with van der Waals surface area (Å²) in [5, 5.41) is 11.1. The van der Waals surface area contributed by atoms with Crippen molar-refractivity contribution in [3.05, 3.63) is 82.7 Å². The fourth-order valence-corrected chi connectivity index (χ4v) is 8.61. The number of alkyl halides is 2. The molecule has 2 saturated heterocycles. The number of imide groups is 4. The number of urea groups is 1. The van der Waals surface area contributed by atoms with Gasteiger partial charge in [0.25, 0.3) is 11.8 Å². The maximum Gasteiger partial charge on any atom is 0.328 e. The quantitative estimate of drug-likeness (QED) is 0.0980. The van der Waals surface area contributed by atoms with Crippen molar-refractivity contribution in [2.45, 2.75) is 28.5 Å². The summed E-state index contributed by atoms with van der Waals surface area (Å²) in [5.41, 5.74) is 3.72. The van der Waals surface area contributed by atoms with Gasteiger partial charge in [0.1, 0.15) is 11.4 Å². The first-order valence-electron chi connectivity index (χ1n) is 14.0. The Bertz CT molecular complexity index is 2050. The molecule has 2 aliphatic carbocycles. The first-order chi connectivity index (χ1) is 22.1. The lowest BCUT2D eigenvalue weighted by molar-refractivity contribution is -0.136. The summed E-state index contributed by atoms with van der Waals surface area (Å²) >= 11 is 14.2. The van der Waals surface area contributed by atoms with Crippen molar-refractivity contribution in [1.29, 1.82) is 0 Å². The predicted octanol–water partition coefficient (Wildman–Crippen LogP) is 4.88. The zero-order chi connectivity index (χ0) is 34.1. The number of benzene rings is 3. The zero-order valence-corrected chi connectivity index (χ0v) is 24.9. The van der Waals surface area contributed by atoms with Gasteiger partial charge in [0, 0.05) is 11.3 Å². The molecule has 0 radical (unpaired) electrons. The number of nitrogens with two attached hydrogens (primary N) is 1. The molecule has 0 unspecified atom stereocenters. The first-order valence-corrected chi connectivity index (χ1v) is 14.7. The summed E-state index contributed by atoms with van der Waals surface area (Å²) < 4.78 is 73.1. The van der Waals surface area contributed by atoms with Gasteiger partial charge in [-0.05, 0) is 35.8 Å². The van der Waals surface area contributed by atoms with Crippen LogP contribution in [0, 0.1) is 46.8 Å². The second-order valence-electron chi connectivity index (χ2n) is 11.8. The number of phenols is 1. The van der Waals surface area contributed by atoms with E-state index in [0.717, 1.165) is 0 Å². The van der Waals surface area contributed by atoms with Crippen molar-refractivity contribution in [2.24, 2.45) is 23.5 Å². The van der Waals surface area contributed by atoms with E-state index in [1.54, 1.807) is 12.1 Å². The minimum Gasteiger partial charge on any atom is -0.507 e. The van der Waals surface area contributed by atoms with Crippen molar-refractivity contribution in [2.75, 3.05) is 4.90 Å². The highest BCUT2D eigenvalue weighted by molar-refractivity contribution is 6.58. The zero-order valence-electron chi connectivity index (χ0n) is 23.4. The van der Waals surface area contributed by atoms with E-state index < -0.39 is 104 Å². The number of hydrogen-bond acceptors (Lipinski definition) is 6. The number of aromatic hydroxyl groups is 1. The van der Waals surface area contributed by atoms with Gasteiger partial charge in [-0.3, -0.25) is 19.2 Å². The van der Waals surface area contributed by atoms with E-state index in [-0.39, 0.29) is 43.9 Å². The van der Waals surface area contributed by atoms with E-state index in [0.29, 0.717) is 0 Å². The lowest BCUT2D eigenvalue weighted by Gasteiger charge is -2.51. The molecule has 242 valence electrons. The molecule has 16 heteroatoms. The number of hydrogen-bond donors (Lipinski definition) is 2. The van der Waals surface area contributed by atoms with Gasteiger partial charge in [0.05, 0.1) is 11.8 Å². The molecule has 6 atom stereocenters. The molecule has 3 fully saturated rings. The molecule has 2 aliphatic heterocycles. The van der Waals surface area contributed by atoms with Crippen LogP contribution in [-0.2, 0) is 19.2 Å². The molecule has 6 amide bonds. The third-order valence-corrected chi connectivity index (χ3v) is 11.1. The van der Waals surface area contributed by atoms with Crippen molar-refractivity contribution < 1.29 is 51.0 Å². The number of allylic oxidation sites excluding steroid dienone is 2. The fourth-order valence-electron chi connectivity index (χ4n) is 7.69. The topological polar surface area (TPSA) is 138 Å². The monoisotopic (exact) mass is 693 g/mol. The van der Waals surface area contributed by atoms with Gasteiger partial charge >= 0.3 is 6.03 Å². The van der Waals surface area contributed by atoms with E-state index in [9.17, 15) is 42.3 Å². The Morgan fingerprint density at radius 3 is 2.04 bits per heavy atom. The summed E-state index contributed by atoms with van der Waals surface area (Å²) in [6.45, 7) is 0. The van der Waals surface area contributed by atoms with Crippen molar-refractivity contribution in [3.63, 3.8) is 0 Å². The minimum atomic E-state index is -2.74. The molecular weight excluding hydrogens is 676 g/mol.